The maximum Gasteiger partial charge on any atom is 0.355 e. The van der Waals surface area contributed by atoms with Gasteiger partial charge in [0.2, 0.25) is 6.10 Å². The van der Waals surface area contributed by atoms with Crippen molar-refractivity contribution in [3.05, 3.63) is 132 Å². The topological polar surface area (TPSA) is 188 Å². The van der Waals surface area contributed by atoms with Gasteiger partial charge in [-0.15, -0.1) is 0 Å². The molecule has 1 amide bonds. The van der Waals surface area contributed by atoms with Gasteiger partial charge in [0, 0.05) is 11.4 Å². The standard InChI is InChI=1S/C17H15NO5.C11H8O5.C6H7N/c19-15(20)11-14(16(21)18-13-9-5-2-6-10-13)23-17(22)12-7-3-1-4-8-12;12-9-6-8(11(14)16-9)15-10(13)7-4-2-1-3-5-7;7-6-4-2-1-3-5-6/h1-10,14H,11H2,(H,18,21)(H,19,20);1-5,8H,6H2;1-5H,7H2. The fraction of sp³-hybridized carbons (Fsp3) is 0.118. The van der Waals surface area contributed by atoms with E-state index in [0.717, 1.165) is 5.69 Å². The van der Waals surface area contributed by atoms with Crippen LogP contribution in [0.2, 0.25) is 0 Å². The first-order valence-electron chi connectivity index (χ1n) is 13.8. The minimum Gasteiger partial charge on any atom is -0.481 e. The minimum atomic E-state index is -1.42. The van der Waals surface area contributed by atoms with E-state index in [2.05, 4.69) is 10.1 Å². The van der Waals surface area contributed by atoms with Crippen molar-refractivity contribution in [3.8, 4) is 0 Å². The van der Waals surface area contributed by atoms with Gasteiger partial charge in [0.1, 0.15) is 0 Å². The third-order valence-corrected chi connectivity index (χ3v) is 5.84. The molecule has 12 heteroatoms. The third-order valence-electron chi connectivity index (χ3n) is 5.84. The molecule has 1 aliphatic heterocycles. The molecular weight excluding hydrogens is 596 g/mol. The monoisotopic (exact) mass is 626 g/mol. The van der Waals surface area contributed by atoms with E-state index >= 15 is 0 Å². The van der Waals surface area contributed by atoms with Crippen LogP contribution in [0.15, 0.2) is 121 Å². The first-order valence-corrected chi connectivity index (χ1v) is 13.8. The zero-order valence-corrected chi connectivity index (χ0v) is 24.3. The molecule has 1 aliphatic rings. The lowest BCUT2D eigenvalue weighted by molar-refractivity contribution is -0.154. The molecule has 0 saturated carbocycles. The number of nitrogens with two attached hydrogens (primary N) is 1. The van der Waals surface area contributed by atoms with Gasteiger partial charge in [0.05, 0.1) is 24.0 Å². The van der Waals surface area contributed by atoms with Crippen LogP contribution in [0.5, 0.6) is 0 Å². The summed E-state index contributed by atoms with van der Waals surface area (Å²) in [4.78, 5) is 68.4. The summed E-state index contributed by atoms with van der Waals surface area (Å²) in [6, 6.07) is 34.3. The van der Waals surface area contributed by atoms with Crippen molar-refractivity contribution in [1.82, 2.24) is 0 Å². The molecule has 46 heavy (non-hydrogen) atoms. The smallest absolute Gasteiger partial charge is 0.355 e. The maximum absolute atomic E-state index is 12.2. The fourth-order valence-corrected chi connectivity index (χ4v) is 3.63. The van der Waals surface area contributed by atoms with E-state index in [0.29, 0.717) is 11.3 Å². The van der Waals surface area contributed by atoms with Crippen LogP contribution in [-0.4, -0.2) is 53.1 Å². The number of benzene rings is 4. The molecule has 1 saturated heterocycles. The van der Waals surface area contributed by atoms with Gasteiger partial charge in [-0.05, 0) is 48.5 Å². The second-order valence-corrected chi connectivity index (χ2v) is 9.38. The average molecular weight is 627 g/mol. The quantitative estimate of drug-likeness (QED) is 0.110. The van der Waals surface area contributed by atoms with Crippen LogP contribution in [0, 0.1) is 0 Å². The molecule has 2 atom stereocenters. The molecular formula is C34H30N2O10. The molecule has 0 aromatic heterocycles. The van der Waals surface area contributed by atoms with Crippen molar-refractivity contribution in [1.29, 1.82) is 0 Å². The number of para-hydroxylation sites is 2. The summed E-state index contributed by atoms with van der Waals surface area (Å²) in [5.41, 5.74) is 7.24. The summed E-state index contributed by atoms with van der Waals surface area (Å²) >= 11 is 0. The van der Waals surface area contributed by atoms with E-state index in [4.69, 9.17) is 20.3 Å². The van der Waals surface area contributed by atoms with Crippen molar-refractivity contribution in [3.63, 3.8) is 0 Å². The van der Waals surface area contributed by atoms with Crippen molar-refractivity contribution in [2.75, 3.05) is 11.1 Å². The Morgan fingerprint density at radius 2 is 1.24 bits per heavy atom. The molecule has 0 radical (unpaired) electrons. The molecule has 1 fully saturated rings. The number of rotatable bonds is 8. The van der Waals surface area contributed by atoms with E-state index in [1.807, 2.05) is 30.3 Å². The van der Waals surface area contributed by atoms with Crippen LogP contribution in [-0.2, 0) is 33.4 Å². The number of nitrogen functional groups attached to an aromatic ring is 1. The van der Waals surface area contributed by atoms with E-state index in [1.54, 1.807) is 78.9 Å². The molecule has 0 bridgehead atoms. The highest BCUT2D eigenvalue weighted by Crippen LogP contribution is 2.14. The van der Waals surface area contributed by atoms with Crippen LogP contribution in [0.25, 0.3) is 0 Å². The van der Waals surface area contributed by atoms with Crippen LogP contribution in [0.3, 0.4) is 0 Å². The van der Waals surface area contributed by atoms with Gasteiger partial charge in [-0.1, -0.05) is 72.8 Å². The van der Waals surface area contributed by atoms with Crippen LogP contribution in [0.4, 0.5) is 11.4 Å². The van der Waals surface area contributed by atoms with Gasteiger partial charge in [-0.3, -0.25) is 14.4 Å². The highest BCUT2D eigenvalue weighted by atomic mass is 16.6. The summed E-state index contributed by atoms with van der Waals surface area (Å²) in [6.45, 7) is 0. The molecule has 236 valence electrons. The van der Waals surface area contributed by atoms with E-state index in [9.17, 15) is 28.8 Å². The highest BCUT2D eigenvalue weighted by Gasteiger charge is 2.36. The van der Waals surface area contributed by atoms with Crippen LogP contribution >= 0.6 is 0 Å². The number of cyclic esters (lactones) is 2. The van der Waals surface area contributed by atoms with Crippen LogP contribution < -0.4 is 11.1 Å². The van der Waals surface area contributed by atoms with Gasteiger partial charge < -0.3 is 30.4 Å². The summed E-state index contributed by atoms with van der Waals surface area (Å²) in [5.74, 6) is -4.80. The number of nitrogens with one attached hydrogen (secondary N) is 1. The predicted octanol–water partition coefficient (Wildman–Crippen LogP) is 4.28. The Hall–Kier alpha value is -6.30. The Labute approximate surface area is 263 Å². The van der Waals surface area contributed by atoms with Crippen molar-refractivity contribution in [2.24, 2.45) is 0 Å². The van der Waals surface area contributed by atoms with Gasteiger partial charge in [0.15, 0.2) is 6.10 Å². The molecule has 4 aromatic carbocycles. The fourth-order valence-electron chi connectivity index (χ4n) is 3.63. The molecule has 2 unspecified atom stereocenters. The number of esters is 4. The largest absolute Gasteiger partial charge is 0.481 e. The minimum absolute atomic E-state index is 0.211. The number of hydrogen-bond acceptors (Lipinski definition) is 10. The zero-order chi connectivity index (χ0) is 33.3. The second kappa shape index (κ2) is 17.7. The second-order valence-electron chi connectivity index (χ2n) is 9.38. The molecule has 4 aromatic rings. The number of ether oxygens (including phenoxy) is 3. The van der Waals surface area contributed by atoms with Crippen molar-refractivity contribution >= 4 is 47.1 Å². The Bertz CT molecular complexity index is 1620. The van der Waals surface area contributed by atoms with Gasteiger partial charge in [0.25, 0.3) is 5.91 Å². The highest BCUT2D eigenvalue weighted by molar-refractivity contribution is 6.00. The van der Waals surface area contributed by atoms with Gasteiger partial charge >= 0.3 is 29.8 Å². The molecule has 4 N–H and O–H groups in total. The van der Waals surface area contributed by atoms with E-state index in [1.165, 1.54) is 12.1 Å². The number of carboxylic acids is 1. The van der Waals surface area contributed by atoms with Gasteiger partial charge in [-0.2, -0.15) is 0 Å². The number of aliphatic carboxylic acids is 1. The SMILES string of the molecule is Nc1ccccc1.O=C(O)CC(OC(=O)c1ccccc1)C(=O)Nc1ccccc1.O=C1CC(OC(=O)c2ccccc2)C(=O)O1. The maximum atomic E-state index is 12.2. The summed E-state index contributed by atoms with van der Waals surface area (Å²) in [5, 5.41) is 11.4. The summed E-state index contributed by atoms with van der Waals surface area (Å²) < 4.78 is 14.2. The summed E-state index contributed by atoms with van der Waals surface area (Å²) in [6.07, 6.45) is -3.35. The number of carboxylic acid groups (broad SMARTS) is 1. The van der Waals surface area contributed by atoms with Crippen LogP contribution in [0.1, 0.15) is 33.6 Å². The lowest BCUT2D eigenvalue weighted by atomic mass is 10.2. The Morgan fingerprint density at radius 1 is 0.761 bits per heavy atom. The lowest BCUT2D eigenvalue weighted by Crippen LogP contribution is -2.34. The molecule has 5 rings (SSSR count). The van der Waals surface area contributed by atoms with Gasteiger partial charge in [-0.25, -0.2) is 14.4 Å². The number of anilines is 2. The number of hydrogen-bond donors (Lipinski definition) is 3. The molecule has 1 heterocycles. The number of amides is 1. The lowest BCUT2D eigenvalue weighted by Gasteiger charge is -2.16. The number of carbonyl (C=O) groups is 6. The Kier molecular flexibility index (Phi) is 13.2. The normalized spacial score (nSPS) is 13.7. The van der Waals surface area contributed by atoms with Crippen molar-refractivity contribution in [2.45, 2.75) is 25.0 Å². The van der Waals surface area contributed by atoms with E-state index < -0.39 is 54.4 Å². The zero-order valence-electron chi connectivity index (χ0n) is 24.3. The van der Waals surface area contributed by atoms with Crippen molar-refractivity contribution < 1.29 is 48.1 Å². The summed E-state index contributed by atoms with van der Waals surface area (Å²) in [7, 11) is 0. The van der Waals surface area contributed by atoms with E-state index in [-0.39, 0.29) is 12.0 Å². The number of carbonyl (C=O) groups excluding carboxylic acids is 5. The first-order chi connectivity index (χ1) is 22.1. The Balaban J connectivity index is 0.000000215. The predicted molar refractivity (Wildman–Crippen MR) is 165 cm³/mol. The molecule has 12 nitrogen and oxygen atoms in total. The Morgan fingerprint density at radius 3 is 1.67 bits per heavy atom. The first kappa shape index (κ1) is 34.2. The third kappa shape index (κ3) is 11.8. The average Bonchev–Trinajstić information content (AvgIpc) is 3.38. The molecule has 0 aliphatic carbocycles. The molecule has 0 spiro atoms.